The third kappa shape index (κ3) is 2.82. The number of imidazole rings is 1. The third-order valence-electron chi connectivity index (χ3n) is 2.62. The van der Waals surface area contributed by atoms with Crippen LogP contribution >= 0.6 is 11.6 Å². The first-order valence-electron chi connectivity index (χ1n) is 5.95. The molecule has 0 aliphatic heterocycles. The summed E-state index contributed by atoms with van der Waals surface area (Å²) in [6.07, 6.45) is 5.52. The van der Waals surface area contributed by atoms with E-state index in [0.717, 1.165) is 19.4 Å². The van der Waals surface area contributed by atoms with Crippen molar-refractivity contribution in [3.05, 3.63) is 41.4 Å². The van der Waals surface area contributed by atoms with Gasteiger partial charge in [-0.15, -0.1) is 0 Å². The Hall–Kier alpha value is -1.55. The van der Waals surface area contributed by atoms with Gasteiger partial charge in [0.1, 0.15) is 5.82 Å². The number of benzene rings is 1. The molecule has 96 valence electrons. The summed E-state index contributed by atoms with van der Waals surface area (Å²) in [6.45, 7) is 2.94. The van der Waals surface area contributed by atoms with Gasteiger partial charge in [0.15, 0.2) is 0 Å². The van der Waals surface area contributed by atoms with E-state index in [1.165, 1.54) is 6.07 Å². The summed E-state index contributed by atoms with van der Waals surface area (Å²) in [7, 11) is 0. The Morgan fingerprint density at radius 3 is 3.00 bits per heavy atom. The van der Waals surface area contributed by atoms with Crippen molar-refractivity contribution in [1.82, 2.24) is 9.55 Å². The van der Waals surface area contributed by atoms with Crippen LogP contribution in [0.1, 0.15) is 19.8 Å². The highest BCUT2D eigenvalue weighted by atomic mass is 35.5. The average molecular weight is 268 g/mol. The minimum absolute atomic E-state index is 0.362. The van der Waals surface area contributed by atoms with Gasteiger partial charge in [0.05, 0.1) is 5.69 Å². The average Bonchev–Trinajstić information content (AvgIpc) is 2.78. The van der Waals surface area contributed by atoms with Crippen molar-refractivity contribution in [1.29, 1.82) is 0 Å². The maximum atomic E-state index is 13.8. The number of nitrogens with one attached hydrogen (secondary N) is 1. The standard InChI is InChI=1S/C13H15ClFN3/c1-2-3-6-16-13-17-7-8-18(13)12-5-4-10(14)9-11(12)15/h4-5,7-9H,2-3,6H2,1H3,(H,16,17). The molecule has 0 radical (unpaired) electrons. The van der Waals surface area contributed by atoms with Gasteiger partial charge >= 0.3 is 0 Å². The van der Waals surface area contributed by atoms with E-state index in [-0.39, 0.29) is 5.82 Å². The highest BCUT2D eigenvalue weighted by Crippen LogP contribution is 2.21. The molecule has 0 bridgehead atoms. The molecule has 1 N–H and O–H groups in total. The van der Waals surface area contributed by atoms with Crippen LogP contribution in [-0.4, -0.2) is 16.1 Å². The van der Waals surface area contributed by atoms with Crippen molar-refractivity contribution in [2.24, 2.45) is 0 Å². The Bertz CT molecular complexity index is 525. The first-order chi connectivity index (χ1) is 8.72. The van der Waals surface area contributed by atoms with Gasteiger partial charge in [-0.3, -0.25) is 4.57 Å². The van der Waals surface area contributed by atoms with Crippen LogP contribution in [0.3, 0.4) is 0 Å². The van der Waals surface area contributed by atoms with Crippen LogP contribution in [0, 0.1) is 5.82 Å². The zero-order chi connectivity index (χ0) is 13.0. The van der Waals surface area contributed by atoms with Gasteiger partial charge in [-0.2, -0.15) is 0 Å². The fraction of sp³-hybridized carbons (Fsp3) is 0.308. The van der Waals surface area contributed by atoms with E-state index in [1.807, 2.05) is 0 Å². The van der Waals surface area contributed by atoms with Crippen LogP contribution in [0.25, 0.3) is 5.69 Å². The van der Waals surface area contributed by atoms with Crippen LogP contribution in [0.5, 0.6) is 0 Å². The molecule has 0 fully saturated rings. The summed E-state index contributed by atoms with van der Waals surface area (Å²) in [4.78, 5) is 4.18. The first-order valence-corrected chi connectivity index (χ1v) is 6.33. The Kier molecular flexibility index (Phi) is 4.20. The van der Waals surface area contributed by atoms with E-state index in [4.69, 9.17) is 11.6 Å². The van der Waals surface area contributed by atoms with E-state index >= 15 is 0 Å². The largest absolute Gasteiger partial charge is 0.355 e. The normalized spacial score (nSPS) is 10.6. The second-order valence-electron chi connectivity index (χ2n) is 4.00. The molecule has 0 saturated heterocycles. The molecule has 1 heterocycles. The molecule has 5 heteroatoms. The summed E-state index contributed by atoms with van der Waals surface area (Å²) >= 11 is 5.74. The molecule has 0 aliphatic rings. The molecule has 0 saturated carbocycles. The van der Waals surface area contributed by atoms with Gasteiger partial charge in [0.25, 0.3) is 0 Å². The van der Waals surface area contributed by atoms with E-state index in [0.29, 0.717) is 16.7 Å². The summed E-state index contributed by atoms with van der Waals surface area (Å²) in [5.74, 6) is 0.281. The van der Waals surface area contributed by atoms with Gasteiger partial charge < -0.3 is 5.32 Å². The zero-order valence-corrected chi connectivity index (χ0v) is 10.9. The highest BCUT2D eigenvalue weighted by Gasteiger charge is 2.09. The van der Waals surface area contributed by atoms with Crippen LogP contribution in [0.4, 0.5) is 10.3 Å². The van der Waals surface area contributed by atoms with Crippen molar-refractivity contribution < 1.29 is 4.39 Å². The van der Waals surface area contributed by atoms with E-state index in [9.17, 15) is 4.39 Å². The fourth-order valence-corrected chi connectivity index (χ4v) is 1.84. The van der Waals surface area contributed by atoms with Gasteiger partial charge in [-0.25, -0.2) is 9.37 Å². The van der Waals surface area contributed by atoms with E-state index in [1.54, 1.807) is 29.1 Å². The van der Waals surface area contributed by atoms with Crippen molar-refractivity contribution in [2.45, 2.75) is 19.8 Å². The van der Waals surface area contributed by atoms with Crippen molar-refractivity contribution in [3.8, 4) is 5.69 Å². The smallest absolute Gasteiger partial charge is 0.207 e. The molecule has 0 amide bonds. The maximum absolute atomic E-state index is 13.8. The lowest BCUT2D eigenvalue weighted by Crippen LogP contribution is -2.08. The number of nitrogens with zero attached hydrogens (tertiary/aromatic N) is 2. The molecule has 0 aliphatic carbocycles. The molecule has 2 rings (SSSR count). The second kappa shape index (κ2) is 5.87. The highest BCUT2D eigenvalue weighted by molar-refractivity contribution is 6.30. The molecule has 1 aromatic heterocycles. The monoisotopic (exact) mass is 267 g/mol. The topological polar surface area (TPSA) is 29.9 Å². The fourth-order valence-electron chi connectivity index (χ4n) is 1.68. The van der Waals surface area contributed by atoms with Crippen molar-refractivity contribution >= 4 is 17.5 Å². The molecule has 2 aromatic rings. The summed E-state index contributed by atoms with van der Waals surface area (Å²) in [5, 5.41) is 3.57. The van der Waals surface area contributed by atoms with Crippen molar-refractivity contribution in [2.75, 3.05) is 11.9 Å². The van der Waals surface area contributed by atoms with Gasteiger partial charge in [-0.1, -0.05) is 24.9 Å². The van der Waals surface area contributed by atoms with E-state index in [2.05, 4.69) is 17.2 Å². The van der Waals surface area contributed by atoms with Gasteiger partial charge in [-0.05, 0) is 24.6 Å². The Morgan fingerprint density at radius 1 is 1.44 bits per heavy atom. The summed E-state index contributed by atoms with van der Waals surface area (Å²) in [5.41, 5.74) is 0.441. The van der Waals surface area contributed by atoms with Crippen LogP contribution in [0.2, 0.25) is 5.02 Å². The Morgan fingerprint density at radius 2 is 2.28 bits per heavy atom. The van der Waals surface area contributed by atoms with Crippen LogP contribution in [0.15, 0.2) is 30.6 Å². The predicted molar refractivity (Wildman–Crippen MR) is 71.9 cm³/mol. The van der Waals surface area contributed by atoms with Crippen LogP contribution < -0.4 is 5.32 Å². The van der Waals surface area contributed by atoms with Gasteiger partial charge in [0.2, 0.25) is 5.95 Å². The molecule has 0 unspecified atom stereocenters. The van der Waals surface area contributed by atoms with E-state index < -0.39 is 0 Å². The third-order valence-corrected chi connectivity index (χ3v) is 2.86. The first kappa shape index (κ1) is 12.9. The molecule has 0 atom stereocenters. The zero-order valence-electron chi connectivity index (χ0n) is 10.2. The van der Waals surface area contributed by atoms with Gasteiger partial charge in [0, 0.05) is 24.0 Å². The minimum Gasteiger partial charge on any atom is -0.355 e. The molecule has 3 nitrogen and oxygen atoms in total. The summed E-state index contributed by atoms with van der Waals surface area (Å²) in [6, 6.07) is 4.60. The summed E-state index contributed by atoms with van der Waals surface area (Å²) < 4.78 is 15.5. The SMILES string of the molecule is CCCCNc1nccn1-c1ccc(Cl)cc1F. The molecule has 1 aromatic carbocycles. The quantitative estimate of drug-likeness (QED) is 0.834. The maximum Gasteiger partial charge on any atom is 0.207 e. The molecule has 18 heavy (non-hydrogen) atoms. The number of rotatable bonds is 5. The van der Waals surface area contributed by atoms with Crippen LogP contribution in [-0.2, 0) is 0 Å². The lowest BCUT2D eigenvalue weighted by molar-refractivity contribution is 0.618. The number of hydrogen-bond acceptors (Lipinski definition) is 2. The number of aromatic nitrogens is 2. The lowest BCUT2D eigenvalue weighted by Gasteiger charge is -2.10. The number of hydrogen-bond donors (Lipinski definition) is 1. The Labute approximate surface area is 111 Å². The molecule has 0 spiro atoms. The number of anilines is 1. The number of unbranched alkanes of at least 4 members (excludes halogenated alkanes) is 1. The van der Waals surface area contributed by atoms with Crippen molar-refractivity contribution in [3.63, 3.8) is 0 Å². The molecular formula is C13H15ClFN3. The molecular weight excluding hydrogens is 253 g/mol. The Balaban J connectivity index is 2.25. The second-order valence-corrected chi connectivity index (χ2v) is 4.43. The lowest BCUT2D eigenvalue weighted by atomic mass is 10.3. The minimum atomic E-state index is -0.362. The number of halogens is 2. The predicted octanol–water partition coefficient (Wildman–Crippen LogP) is 3.88.